The molecule has 4 N–H and O–H groups in total. The molecule has 1 saturated carbocycles. The highest BCUT2D eigenvalue weighted by atomic mass is 16.4. The second-order valence-corrected chi connectivity index (χ2v) is 3.35. The molecule has 0 aromatic heterocycles. The van der Waals surface area contributed by atoms with Crippen molar-refractivity contribution in [3.05, 3.63) is 0 Å². The lowest BCUT2D eigenvalue weighted by atomic mass is 9.80. The van der Waals surface area contributed by atoms with Gasteiger partial charge in [-0.3, -0.25) is 0 Å². The van der Waals surface area contributed by atoms with Crippen LogP contribution >= 0.6 is 0 Å². The lowest BCUT2D eigenvalue weighted by Crippen LogP contribution is -2.59. The number of carboxylic acid groups (broad SMARTS) is 1. The van der Waals surface area contributed by atoms with E-state index in [-0.39, 0.29) is 0 Å². The molecule has 0 unspecified atom stereocenters. The molecule has 13 heavy (non-hydrogen) atoms. The van der Waals surface area contributed by atoms with Crippen molar-refractivity contribution in [2.45, 2.75) is 36.8 Å². The highest BCUT2D eigenvalue weighted by Gasteiger charge is 2.44. The van der Waals surface area contributed by atoms with Crippen molar-refractivity contribution in [2.75, 3.05) is 0 Å². The van der Waals surface area contributed by atoms with Gasteiger partial charge in [0.25, 0.3) is 0 Å². The van der Waals surface area contributed by atoms with Gasteiger partial charge < -0.3 is 30.3 Å². The molecule has 2 atom stereocenters. The molecule has 0 amide bonds. The van der Waals surface area contributed by atoms with E-state index in [0.29, 0.717) is 0 Å². The van der Waals surface area contributed by atoms with E-state index in [1.807, 2.05) is 0 Å². The van der Waals surface area contributed by atoms with E-state index >= 15 is 0 Å². The number of aliphatic hydroxyl groups excluding tert-OH is 3. The maximum Gasteiger partial charge on any atom is 0.109 e. The molecule has 1 rings (SSSR count). The molecule has 0 spiro atoms. The van der Waals surface area contributed by atoms with Gasteiger partial charge in [0.15, 0.2) is 0 Å². The SMILES string of the molecule is O=C([O-])C1(O)C[C@H](O)C(O)[C@@H](O)C1. The lowest BCUT2D eigenvalue weighted by Gasteiger charge is -2.40. The fraction of sp³-hybridized carbons (Fsp3) is 0.857. The summed E-state index contributed by atoms with van der Waals surface area (Å²) in [6.45, 7) is 0. The maximum absolute atomic E-state index is 10.4. The van der Waals surface area contributed by atoms with Crippen LogP contribution in [-0.2, 0) is 4.79 Å². The minimum atomic E-state index is -2.25. The van der Waals surface area contributed by atoms with Crippen LogP contribution in [0.4, 0.5) is 0 Å². The number of rotatable bonds is 1. The first-order valence-electron chi connectivity index (χ1n) is 3.85. The number of hydrogen-bond donors (Lipinski definition) is 4. The summed E-state index contributed by atoms with van der Waals surface area (Å²) in [5, 5.41) is 46.9. The maximum atomic E-state index is 10.4. The van der Waals surface area contributed by atoms with Crippen molar-refractivity contribution in [2.24, 2.45) is 0 Å². The van der Waals surface area contributed by atoms with E-state index in [2.05, 4.69) is 0 Å². The summed E-state index contributed by atoms with van der Waals surface area (Å²) < 4.78 is 0. The molecule has 1 aliphatic rings. The number of hydrogen-bond acceptors (Lipinski definition) is 6. The summed E-state index contributed by atoms with van der Waals surface area (Å²) in [7, 11) is 0. The van der Waals surface area contributed by atoms with Crippen LogP contribution in [0.5, 0.6) is 0 Å². The number of carboxylic acids is 1. The number of aliphatic carboxylic acids is 1. The minimum Gasteiger partial charge on any atom is -0.547 e. The number of carbonyl (C=O) groups is 1. The predicted octanol–water partition coefficient (Wildman–Crippen LogP) is -3.66. The van der Waals surface area contributed by atoms with Gasteiger partial charge in [0.2, 0.25) is 0 Å². The monoisotopic (exact) mass is 191 g/mol. The van der Waals surface area contributed by atoms with Crippen molar-refractivity contribution >= 4 is 5.97 Å². The first kappa shape index (κ1) is 10.4. The van der Waals surface area contributed by atoms with E-state index in [9.17, 15) is 15.0 Å². The largest absolute Gasteiger partial charge is 0.547 e. The quantitative estimate of drug-likeness (QED) is 0.339. The first-order valence-corrected chi connectivity index (χ1v) is 3.85. The summed E-state index contributed by atoms with van der Waals surface area (Å²) in [4.78, 5) is 10.4. The molecular formula is C7H11O6-. The molecule has 0 aromatic carbocycles. The molecule has 1 aliphatic carbocycles. The zero-order chi connectivity index (χ0) is 10.2. The Morgan fingerprint density at radius 3 is 1.92 bits per heavy atom. The average molecular weight is 191 g/mol. The third-order valence-corrected chi connectivity index (χ3v) is 2.26. The van der Waals surface area contributed by atoms with Crippen LogP contribution in [-0.4, -0.2) is 50.3 Å². The molecule has 1 fully saturated rings. The second kappa shape index (κ2) is 3.22. The summed E-state index contributed by atoms with van der Waals surface area (Å²) in [5.41, 5.74) is -2.25. The van der Waals surface area contributed by atoms with Gasteiger partial charge >= 0.3 is 0 Å². The Morgan fingerprint density at radius 1 is 1.23 bits per heavy atom. The Kier molecular flexibility index (Phi) is 2.58. The predicted molar refractivity (Wildman–Crippen MR) is 37.2 cm³/mol. The highest BCUT2D eigenvalue weighted by molar-refractivity contribution is 5.75. The Morgan fingerprint density at radius 2 is 1.62 bits per heavy atom. The van der Waals surface area contributed by atoms with Crippen molar-refractivity contribution in [3.63, 3.8) is 0 Å². The van der Waals surface area contributed by atoms with Crippen molar-refractivity contribution in [3.8, 4) is 0 Å². The minimum absolute atomic E-state index is 0.534. The molecule has 0 aliphatic heterocycles. The van der Waals surface area contributed by atoms with Crippen LogP contribution in [0.25, 0.3) is 0 Å². The van der Waals surface area contributed by atoms with Crippen LogP contribution < -0.4 is 5.11 Å². The van der Waals surface area contributed by atoms with E-state index in [1.54, 1.807) is 0 Å². The van der Waals surface area contributed by atoms with Gasteiger partial charge in [0.1, 0.15) is 11.7 Å². The van der Waals surface area contributed by atoms with Crippen molar-refractivity contribution < 1.29 is 30.3 Å². The Balaban J connectivity index is 2.79. The standard InChI is InChI=1S/C7H12O6/c8-3-1-7(13,6(11)12)2-4(9)5(3)10/h3-5,8-10,13H,1-2H2,(H,11,12)/p-1/t3-,4-,5?,7?/m0/s1. The lowest BCUT2D eigenvalue weighted by molar-refractivity contribution is -0.331. The van der Waals surface area contributed by atoms with Crippen LogP contribution in [0.1, 0.15) is 12.8 Å². The summed E-state index contributed by atoms with van der Waals surface area (Å²) in [6, 6.07) is 0. The second-order valence-electron chi connectivity index (χ2n) is 3.35. The Labute approximate surface area is 74.1 Å². The zero-order valence-corrected chi connectivity index (χ0v) is 6.75. The van der Waals surface area contributed by atoms with Crippen LogP contribution in [0.15, 0.2) is 0 Å². The molecule has 0 aromatic rings. The first-order chi connectivity index (χ1) is 5.87. The molecule has 6 nitrogen and oxygen atoms in total. The Hall–Kier alpha value is -0.690. The van der Waals surface area contributed by atoms with Crippen LogP contribution in [0, 0.1) is 0 Å². The van der Waals surface area contributed by atoms with Crippen LogP contribution in [0.3, 0.4) is 0 Å². The Bertz CT molecular complexity index is 203. The zero-order valence-electron chi connectivity index (χ0n) is 6.75. The molecule has 0 radical (unpaired) electrons. The third-order valence-electron chi connectivity index (χ3n) is 2.26. The third kappa shape index (κ3) is 1.80. The number of carbonyl (C=O) groups excluding carboxylic acids is 1. The topological polar surface area (TPSA) is 121 Å². The fourth-order valence-electron chi connectivity index (χ4n) is 1.44. The van der Waals surface area contributed by atoms with Gasteiger partial charge in [0.05, 0.1) is 18.2 Å². The van der Waals surface area contributed by atoms with Gasteiger partial charge in [-0.15, -0.1) is 0 Å². The van der Waals surface area contributed by atoms with Gasteiger partial charge in [-0.2, -0.15) is 0 Å². The molecular weight excluding hydrogens is 180 g/mol. The molecule has 0 heterocycles. The van der Waals surface area contributed by atoms with Gasteiger partial charge in [-0.1, -0.05) is 0 Å². The summed E-state index contributed by atoms with van der Waals surface area (Å²) in [6.07, 6.45) is -5.39. The average Bonchev–Trinajstić information content (AvgIpc) is 2.00. The molecule has 76 valence electrons. The van der Waals surface area contributed by atoms with E-state index in [1.165, 1.54) is 0 Å². The van der Waals surface area contributed by atoms with Crippen molar-refractivity contribution in [1.29, 1.82) is 0 Å². The molecule has 0 saturated heterocycles. The molecule has 6 heteroatoms. The molecule has 0 bridgehead atoms. The number of aliphatic hydroxyl groups is 4. The van der Waals surface area contributed by atoms with Gasteiger partial charge in [0, 0.05) is 12.8 Å². The van der Waals surface area contributed by atoms with Crippen molar-refractivity contribution in [1.82, 2.24) is 0 Å². The van der Waals surface area contributed by atoms with E-state index in [4.69, 9.17) is 15.3 Å². The van der Waals surface area contributed by atoms with E-state index < -0.39 is 42.7 Å². The summed E-state index contributed by atoms with van der Waals surface area (Å²) in [5.74, 6) is -1.75. The smallest absolute Gasteiger partial charge is 0.109 e. The summed E-state index contributed by atoms with van der Waals surface area (Å²) >= 11 is 0. The van der Waals surface area contributed by atoms with Crippen LogP contribution in [0.2, 0.25) is 0 Å². The van der Waals surface area contributed by atoms with Gasteiger partial charge in [-0.05, 0) is 0 Å². The van der Waals surface area contributed by atoms with E-state index in [0.717, 1.165) is 0 Å². The fourth-order valence-corrected chi connectivity index (χ4v) is 1.44. The highest BCUT2D eigenvalue weighted by Crippen LogP contribution is 2.28. The normalized spacial score (nSPS) is 46.0. The van der Waals surface area contributed by atoms with Gasteiger partial charge in [-0.25, -0.2) is 0 Å².